The van der Waals surface area contributed by atoms with Crippen LogP contribution in [0, 0.1) is 0 Å². The lowest BCUT2D eigenvalue weighted by molar-refractivity contribution is -0.138. The average molecular weight is 350 g/mol. The molecule has 18 heavy (non-hydrogen) atoms. The van der Waals surface area contributed by atoms with Gasteiger partial charge in [-0.2, -0.15) is 11.8 Å². The van der Waals surface area contributed by atoms with Crippen LogP contribution in [0.25, 0.3) is 0 Å². The zero-order valence-electron chi connectivity index (χ0n) is 9.47. The maximum Gasteiger partial charge on any atom is 0.305 e. The van der Waals surface area contributed by atoms with E-state index in [2.05, 4.69) is 15.9 Å². The maximum atomic E-state index is 12.3. The number of carbonyl (C=O) groups excluding carboxylic acids is 1. The highest BCUT2D eigenvalue weighted by Crippen LogP contribution is 2.25. The number of hydrogen-bond acceptors (Lipinski definition) is 4. The van der Waals surface area contributed by atoms with Crippen molar-refractivity contribution in [3.8, 4) is 0 Å². The highest BCUT2D eigenvalue weighted by molar-refractivity contribution is 9.10. The summed E-state index contributed by atoms with van der Waals surface area (Å²) in [6, 6.07) is 1.58. The molecule has 2 heterocycles. The Morgan fingerprint density at radius 2 is 2.33 bits per heavy atom. The first kappa shape index (κ1) is 13.9. The summed E-state index contributed by atoms with van der Waals surface area (Å²) in [5.41, 5.74) is 0. The fourth-order valence-electron chi connectivity index (χ4n) is 1.86. The number of carbonyl (C=O) groups is 2. The predicted molar refractivity (Wildman–Crippen MR) is 76.4 cm³/mol. The van der Waals surface area contributed by atoms with Gasteiger partial charge in [0.05, 0.1) is 17.3 Å². The molecule has 1 aliphatic heterocycles. The number of thioether (sulfide) groups is 1. The molecule has 0 spiro atoms. The topological polar surface area (TPSA) is 57.6 Å². The molecule has 0 radical (unpaired) electrons. The summed E-state index contributed by atoms with van der Waals surface area (Å²) in [6.07, 6.45) is 0.0191. The Bertz CT molecular complexity index is 463. The van der Waals surface area contributed by atoms with Gasteiger partial charge < -0.3 is 10.0 Å². The Balaban J connectivity index is 2.13. The van der Waals surface area contributed by atoms with Crippen LogP contribution in [0.1, 0.15) is 16.1 Å². The third kappa shape index (κ3) is 3.27. The van der Waals surface area contributed by atoms with Crippen LogP contribution >= 0.6 is 39.0 Å². The number of rotatable bonds is 3. The van der Waals surface area contributed by atoms with E-state index in [0.717, 1.165) is 10.2 Å². The van der Waals surface area contributed by atoms with Crippen molar-refractivity contribution in [2.24, 2.45) is 0 Å². The molecule has 0 aromatic carbocycles. The molecule has 4 nitrogen and oxygen atoms in total. The molecule has 0 saturated carbocycles. The number of carboxylic acids is 1. The number of nitrogens with zero attached hydrogens (tertiary/aromatic N) is 1. The quantitative estimate of drug-likeness (QED) is 0.910. The molecule has 1 atom stereocenters. The summed E-state index contributed by atoms with van der Waals surface area (Å²) in [4.78, 5) is 25.5. The summed E-state index contributed by atoms with van der Waals surface area (Å²) in [7, 11) is 0. The summed E-state index contributed by atoms with van der Waals surface area (Å²) in [5, 5.41) is 10.7. The molecule has 1 aromatic heterocycles. The van der Waals surface area contributed by atoms with Gasteiger partial charge >= 0.3 is 5.97 Å². The van der Waals surface area contributed by atoms with Gasteiger partial charge in [-0.3, -0.25) is 9.59 Å². The molecule has 0 bridgehead atoms. The monoisotopic (exact) mass is 349 g/mol. The number of hydrogen-bond donors (Lipinski definition) is 1. The predicted octanol–water partition coefficient (Wildman–Crippen LogP) is 2.54. The van der Waals surface area contributed by atoms with Crippen molar-refractivity contribution in [2.75, 3.05) is 18.1 Å². The second-order valence-electron chi connectivity index (χ2n) is 3.95. The van der Waals surface area contributed by atoms with Crippen LogP contribution in [0.5, 0.6) is 0 Å². The van der Waals surface area contributed by atoms with E-state index in [1.54, 1.807) is 22.7 Å². The number of thiophene rings is 1. The lowest BCUT2D eigenvalue weighted by Gasteiger charge is -2.34. The molecule has 1 aliphatic rings. The minimum atomic E-state index is -0.854. The average Bonchev–Trinajstić information content (AvgIpc) is 2.75. The number of carboxylic acid groups (broad SMARTS) is 1. The van der Waals surface area contributed by atoms with Crippen molar-refractivity contribution in [1.82, 2.24) is 4.90 Å². The van der Waals surface area contributed by atoms with Crippen molar-refractivity contribution in [1.29, 1.82) is 0 Å². The lowest BCUT2D eigenvalue weighted by Crippen LogP contribution is -2.46. The van der Waals surface area contributed by atoms with Crippen molar-refractivity contribution in [3.63, 3.8) is 0 Å². The Kier molecular flexibility index (Phi) is 4.69. The van der Waals surface area contributed by atoms with Gasteiger partial charge in [0.1, 0.15) is 0 Å². The molecule has 1 aromatic rings. The fraction of sp³-hybridized carbons (Fsp3) is 0.455. The summed E-state index contributed by atoms with van der Waals surface area (Å²) < 4.78 is 0.886. The minimum Gasteiger partial charge on any atom is -0.481 e. The molecule has 7 heteroatoms. The second-order valence-corrected chi connectivity index (χ2v) is 6.93. The molecule has 2 rings (SSSR count). The van der Waals surface area contributed by atoms with E-state index >= 15 is 0 Å². The fourth-order valence-corrected chi connectivity index (χ4v) is 4.30. The zero-order valence-corrected chi connectivity index (χ0v) is 12.7. The van der Waals surface area contributed by atoms with Crippen LogP contribution in [-0.2, 0) is 4.79 Å². The van der Waals surface area contributed by atoms with Crippen LogP contribution in [0.2, 0.25) is 0 Å². The Labute approximate surface area is 121 Å². The van der Waals surface area contributed by atoms with Crippen LogP contribution in [0.15, 0.2) is 15.9 Å². The normalized spacial score (nSPS) is 19.8. The van der Waals surface area contributed by atoms with E-state index in [9.17, 15) is 9.59 Å². The maximum absolute atomic E-state index is 12.3. The molecule has 1 saturated heterocycles. The summed E-state index contributed by atoms with van der Waals surface area (Å²) in [5.74, 6) is 0.656. The third-order valence-electron chi connectivity index (χ3n) is 2.68. The Morgan fingerprint density at radius 3 is 2.94 bits per heavy atom. The van der Waals surface area contributed by atoms with E-state index in [1.807, 2.05) is 5.38 Å². The molecule has 1 unspecified atom stereocenters. The zero-order chi connectivity index (χ0) is 13.1. The van der Waals surface area contributed by atoms with Crippen LogP contribution in [0.3, 0.4) is 0 Å². The third-order valence-corrected chi connectivity index (χ3v) is 5.45. The van der Waals surface area contributed by atoms with Crippen LogP contribution in [-0.4, -0.2) is 46.0 Å². The van der Waals surface area contributed by atoms with Crippen molar-refractivity contribution >= 4 is 50.9 Å². The molecular formula is C11H12BrNO3S2. The van der Waals surface area contributed by atoms with Crippen LogP contribution in [0.4, 0.5) is 0 Å². The Morgan fingerprint density at radius 1 is 1.56 bits per heavy atom. The number of halogens is 1. The first-order valence-electron chi connectivity index (χ1n) is 5.42. The van der Waals surface area contributed by atoms with Gasteiger partial charge in [-0.25, -0.2) is 0 Å². The molecule has 1 fully saturated rings. The second kappa shape index (κ2) is 6.08. The van der Waals surface area contributed by atoms with E-state index in [0.29, 0.717) is 17.2 Å². The summed E-state index contributed by atoms with van der Waals surface area (Å²) >= 11 is 6.40. The van der Waals surface area contributed by atoms with Gasteiger partial charge in [0.2, 0.25) is 0 Å². The van der Waals surface area contributed by atoms with Gasteiger partial charge in [0, 0.05) is 27.9 Å². The van der Waals surface area contributed by atoms with Gasteiger partial charge in [0.25, 0.3) is 5.91 Å². The van der Waals surface area contributed by atoms with E-state index in [-0.39, 0.29) is 18.4 Å². The highest BCUT2D eigenvalue weighted by Gasteiger charge is 2.30. The number of aliphatic carboxylic acids is 1. The van der Waals surface area contributed by atoms with Crippen molar-refractivity contribution in [2.45, 2.75) is 12.5 Å². The molecule has 98 valence electrons. The first-order valence-corrected chi connectivity index (χ1v) is 8.25. The molecule has 1 N–H and O–H groups in total. The van der Waals surface area contributed by atoms with Gasteiger partial charge in [-0.15, -0.1) is 11.3 Å². The smallest absolute Gasteiger partial charge is 0.305 e. The van der Waals surface area contributed by atoms with Crippen molar-refractivity contribution < 1.29 is 14.7 Å². The highest BCUT2D eigenvalue weighted by atomic mass is 79.9. The SMILES string of the molecule is O=C(O)CC1CSCCN1C(=O)c1cc(Br)cs1. The Hall–Kier alpha value is -0.530. The summed E-state index contributed by atoms with van der Waals surface area (Å²) in [6.45, 7) is 0.622. The van der Waals surface area contributed by atoms with Gasteiger partial charge in [-0.1, -0.05) is 0 Å². The number of amides is 1. The van der Waals surface area contributed by atoms with Gasteiger partial charge in [0.15, 0.2) is 0 Å². The molecular weight excluding hydrogens is 338 g/mol. The van der Waals surface area contributed by atoms with Gasteiger partial charge in [-0.05, 0) is 22.0 Å². The standard InChI is InChI=1S/C11H12BrNO3S2/c12-7-3-9(18-5-7)11(16)13-1-2-17-6-8(13)4-10(14)15/h3,5,8H,1-2,4,6H2,(H,14,15). The first-order chi connectivity index (χ1) is 8.58. The van der Waals surface area contributed by atoms with E-state index in [4.69, 9.17) is 5.11 Å². The van der Waals surface area contributed by atoms with E-state index in [1.165, 1.54) is 11.3 Å². The van der Waals surface area contributed by atoms with Crippen LogP contribution < -0.4 is 0 Å². The largest absolute Gasteiger partial charge is 0.481 e. The minimum absolute atomic E-state index is 0.0191. The lowest BCUT2D eigenvalue weighted by atomic mass is 10.2. The molecule has 1 amide bonds. The van der Waals surface area contributed by atoms with E-state index < -0.39 is 5.97 Å². The van der Waals surface area contributed by atoms with Crippen molar-refractivity contribution in [3.05, 3.63) is 20.8 Å². The molecule has 0 aliphatic carbocycles.